The first-order valence-electron chi connectivity index (χ1n) is 9.51. The van der Waals surface area contributed by atoms with Crippen LogP contribution in [0.5, 0.6) is 0 Å². The molecule has 2 aliphatic rings. The maximum Gasteiger partial charge on any atom is 0.254 e. The van der Waals surface area contributed by atoms with Crippen molar-refractivity contribution in [1.82, 2.24) is 9.21 Å². The van der Waals surface area contributed by atoms with Crippen LogP contribution in [0.2, 0.25) is 0 Å². The van der Waals surface area contributed by atoms with Gasteiger partial charge in [-0.2, -0.15) is 4.31 Å². The number of carbonyl (C=O) groups excluding carboxylic acids is 1. The minimum absolute atomic E-state index is 0.0306. The zero-order valence-corrected chi connectivity index (χ0v) is 16.4. The van der Waals surface area contributed by atoms with Gasteiger partial charge in [0.1, 0.15) is 0 Å². The van der Waals surface area contributed by atoms with Gasteiger partial charge in [-0.05, 0) is 37.1 Å². The second-order valence-corrected chi connectivity index (χ2v) is 8.81. The standard InChI is InChI=1S/C19H28N2O4S/c1-3-20(4-2)26(23,24)16-11-9-15(10-12-16)19(22)21-13-14-25-18-8-6-5-7-17(18)21/h9-12,17-18H,3-8,13-14H2,1-2H3. The van der Waals surface area contributed by atoms with Gasteiger partial charge in [-0.1, -0.05) is 26.7 Å². The quantitative estimate of drug-likeness (QED) is 0.787. The molecule has 1 aromatic rings. The smallest absolute Gasteiger partial charge is 0.254 e. The number of hydrogen-bond acceptors (Lipinski definition) is 4. The van der Waals surface area contributed by atoms with Crippen molar-refractivity contribution in [3.05, 3.63) is 29.8 Å². The summed E-state index contributed by atoms with van der Waals surface area (Å²) in [4.78, 5) is 15.1. The summed E-state index contributed by atoms with van der Waals surface area (Å²) in [6, 6.07) is 6.49. The van der Waals surface area contributed by atoms with Crippen molar-refractivity contribution in [1.29, 1.82) is 0 Å². The topological polar surface area (TPSA) is 66.9 Å². The molecule has 1 amide bonds. The molecule has 1 aliphatic carbocycles. The van der Waals surface area contributed by atoms with E-state index in [2.05, 4.69) is 0 Å². The molecule has 0 spiro atoms. The molecule has 7 heteroatoms. The number of nitrogens with zero attached hydrogens (tertiary/aromatic N) is 2. The van der Waals surface area contributed by atoms with Gasteiger partial charge in [0.05, 0.1) is 23.6 Å². The summed E-state index contributed by atoms with van der Waals surface area (Å²) in [5.74, 6) is -0.0306. The van der Waals surface area contributed by atoms with Gasteiger partial charge >= 0.3 is 0 Å². The van der Waals surface area contributed by atoms with E-state index in [9.17, 15) is 13.2 Å². The summed E-state index contributed by atoms with van der Waals surface area (Å²) in [7, 11) is -3.50. The lowest BCUT2D eigenvalue weighted by Crippen LogP contribution is -2.54. The summed E-state index contributed by atoms with van der Waals surface area (Å²) in [6.07, 6.45) is 4.40. The minimum Gasteiger partial charge on any atom is -0.374 e. The Hall–Kier alpha value is -1.44. The van der Waals surface area contributed by atoms with E-state index in [4.69, 9.17) is 4.74 Å². The summed E-state index contributed by atoms with van der Waals surface area (Å²) in [5, 5.41) is 0. The van der Waals surface area contributed by atoms with Crippen LogP contribution in [0.3, 0.4) is 0 Å². The molecular weight excluding hydrogens is 352 g/mol. The average molecular weight is 381 g/mol. The van der Waals surface area contributed by atoms with Crippen molar-refractivity contribution in [2.24, 2.45) is 0 Å². The number of ether oxygens (including phenoxy) is 1. The number of amides is 1. The van der Waals surface area contributed by atoms with Crippen molar-refractivity contribution in [3.8, 4) is 0 Å². The zero-order chi connectivity index (χ0) is 18.7. The minimum atomic E-state index is -3.50. The Morgan fingerprint density at radius 1 is 1.15 bits per heavy atom. The van der Waals surface area contributed by atoms with Gasteiger partial charge in [0, 0.05) is 25.2 Å². The highest BCUT2D eigenvalue weighted by Crippen LogP contribution is 2.29. The summed E-state index contributed by atoms with van der Waals surface area (Å²) < 4.78 is 32.4. The van der Waals surface area contributed by atoms with Crippen LogP contribution in [-0.2, 0) is 14.8 Å². The third-order valence-corrected chi connectivity index (χ3v) is 7.50. The highest BCUT2D eigenvalue weighted by molar-refractivity contribution is 7.89. The van der Waals surface area contributed by atoms with Gasteiger partial charge in [-0.25, -0.2) is 8.42 Å². The monoisotopic (exact) mass is 380 g/mol. The second kappa shape index (κ2) is 8.06. The molecule has 26 heavy (non-hydrogen) atoms. The van der Waals surface area contributed by atoms with Gasteiger partial charge in [0.25, 0.3) is 5.91 Å². The highest BCUT2D eigenvalue weighted by Gasteiger charge is 2.37. The number of sulfonamides is 1. The molecule has 3 rings (SSSR count). The van der Waals surface area contributed by atoms with E-state index in [1.165, 1.54) is 4.31 Å². The van der Waals surface area contributed by atoms with E-state index in [1.54, 1.807) is 24.3 Å². The lowest BCUT2D eigenvalue weighted by atomic mass is 9.89. The fourth-order valence-corrected chi connectivity index (χ4v) is 5.45. The molecule has 0 radical (unpaired) electrons. The van der Waals surface area contributed by atoms with Crippen LogP contribution in [0.1, 0.15) is 49.9 Å². The van der Waals surface area contributed by atoms with E-state index < -0.39 is 10.0 Å². The number of carbonyl (C=O) groups is 1. The lowest BCUT2D eigenvalue weighted by Gasteiger charge is -2.43. The summed E-state index contributed by atoms with van der Waals surface area (Å²) in [5.41, 5.74) is 0.537. The summed E-state index contributed by atoms with van der Waals surface area (Å²) >= 11 is 0. The first kappa shape index (κ1) is 19.3. The predicted octanol–water partition coefficient (Wildman–Crippen LogP) is 2.50. The molecule has 2 fully saturated rings. The molecule has 6 nitrogen and oxygen atoms in total. The lowest BCUT2D eigenvalue weighted by molar-refractivity contribution is -0.0752. The molecular formula is C19H28N2O4S. The van der Waals surface area contributed by atoms with Crippen LogP contribution in [0.15, 0.2) is 29.2 Å². The maximum atomic E-state index is 13.0. The van der Waals surface area contributed by atoms with E-state index in [-0.39, 0.29) is 22.9 Å². The first-order valence-corrected chi connectivity index (χ1v) is 11.0. The molecule has 1 heterocycles. The van der Waals surface area contributed by atoms with Crippen molar-refractivity contribution in [2.75, 3.05) is 26.2 Å². The second-order valence-electron chi connectivity index (χ2n) is 6.87. The van der Waals surface area contributed by atoms with Crippen molar-refractivity contribution >= 4 is 15.9 Å². The normalized spacial score (nSPS) is 23.7. The molecule has 1 aromatic carbocycles. The van der Waals surface area contributed by atoms with E-state index in [1.807, 2.05) is 18.7 Å². The van der Waals surface area contributed by atoms with E-state index >= 15 is 0 Å². The average Bonchev–Trinajstić information content (AvgIpc) is 2.68. The molecule has 1 saturated carbocycles. The van der Waals surface area contributed by atoms with Crippen LogP contribution < -0.4 is 0 Å². The van der Waals surface area contributed by atoms with E-state index in [0.29, 0.717) is 31.8 Å². The molecule has 144 valence electrons. The van der Waals surface area contributed by atoms with Crippen molar-refractivity contribution in [2.45, 2.75) is 56.6 Å². The Bertz CT molecular complexity index is 726. The molecule has 0 bridgehead atoms. The zero-order valence-electron chi connectivity index (χ0n) is 15.6. The van der Waals surface area contributed by atoms with Gasteiger partial charge in [-0.3, -0.25) is 4.79 Å². The number of hydrogen-bond donors (Lipinski definition) is 0. The third kappa shape index (κ3) is 3.66. The molecule has 0 N–H and O–H groups in total. The Kier molecular flexibility index (Phi) is 5.99. The number of morpholine rings is 1. The Morgan fingerprint density at radius 3 is 2.46 bits per heavy atom. The van der Waals surface area contributed by atoms with Crippen molar-refractivity contribution in [3.63, 3.8) is 0 Å². The predicted molar refractivity (Wildman–Crippen MR) is 99.6 cm³/mol. The first-order chi connectivity index (χ1) is 12.5. The molecule has 1 saturated heterocycles. The van der Waals surface area contributed by atoms with E-state index in [0.717, 1.165) is 25.7 Å². The van der Waals surface area contributed by atoms with Gasteiger partial charge in [-0.15, -0.1) is 0 Å². The fourth-order valence-electron chi connectivity index (χ4n) is 4.00. The van der Waals surface area contributed by atoms with Gasteiger partial charge < -0.3 is 9.64 Å². The van der Waals surface area contributed by atoms with Crippen LogP contribution in [0.4, 0.5) is 0 Å². The van der Waals surface area contributed by atoms with Gasteiger partial charge in [0.15, 0.2) is 0 Å². The SMILES string of the molecule is CCN(CC)S(=O)(=O)c1ccc(C(=O)N2CCOC3CCCCC32)cc1. The number of rotatable bonds is 5. The van der Waals surface area contributed by atoms with Crippen LogP contribution >= 0.6 is 0 Å². The molecule has 2 atom stereocenters. The Morgan fingerprint density at radius 2 is 1.81 bits per heavy atom. The molecule has 0 aromatic heterocycles. The van der Waals surface area contributed by atoms with Crippen LogP contribution in [0.25, 0.3) is 0 Å². The largest absolute Gasteiger partial charge is 0.374 e. The Labute approximate surface area is 156 Å². The highest BCUT2D eigenvalue weighted by atomic mass is 32.2. The van der Waals surface area contributed by atoms with Gasteiger partial charge in [0.2, 0.25) is 10.0 Å². The number of benzene rings is 1. The van der Waals surface area contributed by atoms with Crippen LogP contribution in [-0.4, -0.2) is 61.9 Å². The summed E-state index contributed by atoms with van der Waals surface area (Å²) in [6.45, 7) is 5.66. The third-order valence-electron chi connectivity index (χ3n) is 5.44. The fraction of sp³-hybridized carbons (Fsp3) is 0.632. The maximum absolute atomic E-state index is 13.0. The van der Waals surface area contributed by atoms with Crippen LogP contribution in [0, 0.1) is 0 Å². The van der Waals surface area contributed by atoms with Crippen molar-refractivity contribution < 1.29 is 17.9 Å². The number of fused-ring (bicyclic) bond motifs is 1. The molecule has 1 aliphatic heterocycles. The Balaban J connectivity index is 1.79. The molecule has 2 unspecified atom stereocenters.